The highest BCUT2D eigenvalue weighted by Crippen LogP contribution is 2.31. The Kier molecular flexibility index (Phi) is 5.01. The van der Waals surface area contributed by atoms with Crippen LogP contribution < -0.4 is 9.47 Å². The first-order chi connectivity index (χ1) is 11.7. The number of hydrogen-bond acceptors (Lipinski definition) is 4. The molecule has 0 bridgehead atoms. The first kappa shape index (κ1) is 16.3. The van der Waals surface area contributed by atoms with Crippen molar-refractivity contribution in [1.29, 1.82) is 0 Å². The maximum absolute atomic E-state index is 11.4. The van der Waals surface area contributed by atoms with Gasteiger partial charge in [-0.05, 0) is 30.3 Å². The molecule has 126 valence electrons. The standard InChI is InChI=1S/C19H21NO4/c1-2-20(11-14-7-3-4-8-16(14)19(21)22)12-15-13-23-17-9-5-6-10-18(17)24-15/h3-10,15H,2,11-13H2,1H3,(H,21,22). The zero-order valence-corrected chi connectivity index (χ0v) is 13.6. The third-order valence-corrected chi connectivity index (χ3v) is 4.12. The number of likely N-dealkylation sites (N-methyl/N-ethyl adjacent to an activating group) is 1. The van der Waals surface area contributed by atoms with Gasteiger partial charge in [0.05, 0.1) is 5.56 Å². The van der Waals surface area contributed by atoms with Crippen molar-refractivity contribution in [2.75, 3.05) is 19.7 Å². The molecule has 0 spiro atoms. The van der Waals surface area contributed by atoms with E-state index in [1.807, 2.05) is 36.4 Å². The van der Waals surface area contributed by atoms with Crippen molar-refractivity contribution in [3.8, 4) is 11.5 Å². The molecule has 2 aromatic rings. The minimum Gasteiger partial charge on any atom is -0.486 e. The molecule has 5 heteroatoms. The van der Waals surface area contributed by atoms with Gasteiger partial charge in [-0.15, -0.1) is 0 Å². The van der Waals surface area contributed by atoms with Gasteiger partial charge < -0.3 is 14.6 Å². The monoisotopic (exact) mass is 327 g/mol. The van der Waals surface area contributed by atoms with E-state index in [2.05, 4.69) is 11.8 Å². The van der Waals surface area contributed by atoms with E-state index in [0.29, 0.717) is 25.3 Å². The molecule has 1 aliphatic heterocycles. The fourth-order valence-electron chi connectivity index (χ4n) is 2.85. The SMILES string of the molecule is CCN(Cc1ccccc1C(=O)O)CC1COc2ccccc2O1. The molecule has 0 aliphatic carbocycles. The first-order valence-corrected chi connectivity index (χ1v) is 8.09. The van der Waals surface area contributed by atoms with Crippen molar-refractivity contribution in [2.24, 2.45) is 0 Å². The van der Waals surface area contributed by atoms with E-state index in [-0.39, 0.29) is 6.10 Å². The number of para-hydroxylation sites is 2. The number of ether oxygens (including phenoxy) is 2. The van der Waals surface area contributed by atoms with E-state index < -0.39 is 5.97 Å². The summed E-state index contributed by atoms with van der Waals surface area (Å²) in [6, 6.07) is 14.8. The van der Waals surface area contributed by atoms with Gasteiger partial charge in [-0.2, -0.15) is 0 Å². The number of rotatable bonds is 6. The Bertz CT molecular complexity index is 716. The summed E-state index contributed by atoms with van der Waals surface area (Å²) in [4.78, 5) is 13.5. The number of benzene rings is 2. The molecule has 1 atom stereocenters. The summed E-state index contributed by atoms with van der Waals surface area (Å²) in [7, 11) is 0. The minimum atomic E-state index is -0.896. The number of carboxylic acid groups (broad SMARTS) is 1. The maximum atomic E-state index is 11.4. The summed E-state index contributed by atoms with van der Waals surface area (Å²) >= 11 is 0. The average Bonchev–Trinajstić information content (AvgIpc) is 2.61. The lowest BCUT2D eigenvalue weighted by atomic mass is 10.1. The Balaban J connectivity index is 1.67. The third kappa shape index (κ3) is 3.68. The molecule has 5 nitrogen and oxygen atoms in total. The molecule has 1 aliphatic rings. The van der Waals surface area contributed by atoms with Gasteiger partial charge >= 0.3 is 5.97 Å². The first-order valence-electron chi connectivity index (χ1n) is 8.09. The highest BCUT2D eigenvalue weighted by molar-refractivity contribution is 5.89. The van der Waals surface area contributed by atoms with Crippen LogP contribution in [0.5, 0.6) is 11.5 Å². The van der Waals surface area contributed by atoms with Gasteiger partial charge in [0, 0.05) is 13.1 Å². The van der Waals surface area contributed by atoms with Crippen LogP contribution in [0.1, 0.15) is 22.8 Å². The Labute approximate surface area is 141 Å². The highest BCUT2D eigenvalue weighted by Gasteiger charge is 2.23. The second kappa shape index (κ2) is 7.36. The zero-order valence-electron chi connectivity index (χ0n) is 13.6. The highest BCUT2D eigenvalue weighted by atomic mass is 16.6. The van der Waals surface area contributed by atoms with Gasteiger partial charge in [-0.3, -0.25) is 4.90 Å². The van der Waals surface area contributed by atoms with Crippen LogP contribution in [0.25, 0.3) is 0 Å². The summed E-state index contributed by atoms with van der Waals surface area (Å²) in [5, 5.41) is 9.32. The zero-order chi connectivity index (χ0) is 16.9. The Morgan fingerprint density at radius 2 is 1.88 bits per heavy atom. The van der Waals surface area contributed by atoms with E-state index in [0.717, 1.165) is 23.6 Å². The molecule has 1 N–H and O–H groups in total. The molecule has 0 radical (unpaired) electrons. The number of aromatic carboxylic acids is 1. The fraction of sp³-hybridized carbons (Fsp3) is 0.316. The van der Waals surface area contributed by atoms with Crippen LogP contribution in [0.2, 0.25) is 0 Å². The number of hydrogen-bond donors (Lipinski definition) is 1. The molecule has 24 heavy (non-hydrogen) atoms. The average molecular weight is 327 g/mol. The maximum Gasteiger partial charge on any atom is 0.336 e. The Morgan fingerprint density at radius 1 is 1.17 bits per heavy atom. The molecule has 0 saturated heterocycles. The van der Waals surface area contributed by atoms with Crippen molar-refractivity contribution < 1.29 is 19.4 Å². The van der Waals surface area contributed by atoms with Crippen molar-refractivity contribution in [2.45, 2.75) is 19.6 Å². The number of nitrogens with zero attached hydrogens (tertiary/aromatic N) is 1. The summed E-state index contributed by atoms with van der Waals surface area (Å²) in [6.45, 7) is 4.60. The largest absolute Gasteiger partial charge is 0.486 e. The molecular weight excluding hydrogens is 306 g/mol. The second-order valence-electron chi connectivity index (χ2n) is 5.79. The molecular formula is C19H21NO4. The van der Waals surface area contributed by atoms with Crippen molar-refractivity contribution >= 4 is 5.97 Å². The predicted molar refractivity (Wildman–Crippen MR) is 90.7 cm³/mol. The van der Waals surface area contributed by atoms with Gasteiger partial charge in [0.2, 0.25) is 0 Å². The van der Waals surface area contributed by atoms with Crippen LogP contribution in [0.3, 0.4) is 0 Å². The molecule has 3 rings (SSSR count). The van der Waals surface area contributed by atoms with E-state index in [1.165, 1.54) is 0 Å². The topological polar surface area (TPSA) is 59.0 Å². The predicted octanol–water partition coefficient (Wildman–Crippen LogP) is 3.05. The fourth-order valence-corrected chi connectivity index (χ4v) is 2.85. The molecule has 0 amide bonds. The number of carbonyl (C=O) groups is 1. The molecule has 0 saturated carbocycles. The van der Waals surface area contributed by atoms with Gasteiger partial charge in [-0.1, -0.05) is 37.3 Å². The van der Waals surface area contributed by atoms with Gasteiger partial charge in [0.1, 0.15) is 12.7 Å². The summed E-state index contributed by atoms with van der Waals surface area (Å²) in [5.41, 5.74) is 1.16. The van der Waals surface area contributed by atoms with Crippen LogP contribution in [-0.2, 0) is 6.54 Å². The Morgan fingerprint density at radius 3 is 2.62 bits per heavy atom. The molecule has 1 unspecified atom stereocenters. The second-order valence-corrected chi connectivity index (χ2v) is 5.79. The van der Waals surface area contributed by atoms with Crippen molar-refractivity contribution in [3.63, 3.8) is 0 Å². The van der Waals surface area contributed by atoms with E-state index >= 15 is 0 Å². The quantitative estimate of drug-likeness (QED) is 0.884. The lowest BCUT2D eigenvalue weighted by Gasteiger charge is -2.31. The van der Waals surface area contributed by atoms with Crippen LogP contribution >= 0.6 is 0 Å². The van der Waals surface area contributed by atoms with E-state index in [1.54, 1.807) is 12.1 Å². The van der Waals surface area contributed by atoms with Crippen molar-refractivity contribution in [1.82, 2.24) is 4.90 Å². The third-order valence-electron chi connectivity index (χ3n) is 4.12. The normalized spacial score (nSPS) is 16.2. The molecule has 0 fully saturated rings. The smallest absolute Gasteiger partial charge is 0.336 e. The van der Waals surface area contributed by atoms with E-state index in [4.69, 9.17) is 9.47 Å². The molecule has 0 aromatic heterocycles. The van der Waals surface area contributed by atoms with E-state index in [9.17, 15) is 9.90 Å². The summed E-state index contributed by atoms with van der Waals surface area (Å²) in [5.74, 6) is 0.636. The lowest BCUT2D eigenvalue weighted by Crippen LogP contribution is -2.40. The lowest BCUT2D eigenvalue weighted by molar-refractivity contribution is 0.0575. The Hall–Kier alpha value is -2.53. The van der Waals surface area contributed by atoms with Crippen LogP contribution in [0.4, 0.5) is 0 Å². The van der Waals surface area contributed by atoms with Gasteiger partial charge in [0.25, 0.3) is 0 Å². The molecule has 2 aromatic carbocycles. The van der Waals surface area contributed by atoms with Crippen LogP contribution in [0, 0.1) is 0 Å². The number of fused-ring (bicyclic) bond motifs is 1. The van der Waals surface area contributed by atoms with Crippen LogP contribution in [-0.4, -0.2) is 41.8 Å². The summed E-state index contributed by atoms with van der Waals surface area (Å²) < 4.78 is 11.7. The van der Waals surface area contributed by atoms with Gasteiger partial charge in [0.15, 0.2) is 11.5 Å². The molecule has 1 heterocycles. The van der Waals surface area contributed by atoms with Crippen LogP contribution in [0.15, 0.2) is 48.5 Å². The minimum absolute atomic E-state index is 0.0724. The summed E-state index contributed by atoms with van der Waals surface area (Å²) in [6.07, 6.45) is -0.0724. The van der Waals surface area contributed by atoms with Crippen molar-refractivity contribution in [3.05, 3.63) is 59.7 Å². The number of carboxylic acids is 1. The van der Waals surface area contributed by atoms with Gasteiger partial charge in [-0.25, -0.2) is 4.79 Å².